The lowest BCUT2D eigenvalue weighted by Crippen LogP contribution is -2.42. The summed E-state index contributed by atoms with van der Waals surface area (Å²) in [6.45, 7) is 2.12. The van der Waals surface area contributed by atoms with Crippen LogP contribution in [0.2, 0.25) is 10.0 Å². The zero-order chi connectivity index (χ0) is 26.5. The molecule has 0 bridgehead atoms. The number of benzene rings is 3. The summed E-state index contributed by atoms with van der Waals surface area (Å²) in [5.41, 5.74) is 3.46. The van der Waals surface area contributed by atoms with E-state index in [-0.39, 0.29) is 22.6 Å². The van der Waals surface area contributed by atoms with Crippen LogP contribution in [0.3, 0.4) is 0 Å². The number of aryl methyl sites for hydroxylation is 1. The van der Waals surface area contributed by atoms with E-state index in [0.717, 1.165) is 5.56 Å². The second-order valence-corrected chi connectivity index (χ2v) is 9.53. The number of aromatic nitrogens is 1. The molecule has 2 N–H and O–H groups in total. The highest BCUT2D eigenvalue weighted by Crippen LogP contribution is 2.22. The Morgan fingerprint density at radius 3 is 2.30 bits per heavy atom. The second kappa shape index (κ2) is 11.5. The summed E-state index contributed by atoms with van der Waals surface area (Å²) in [5, 5.41) is 13.0. The van der Waals surface area contributed by atoms with Gasteiger partial charge in [-0.25, -0.2) is 4.79 Å². The maximum absolute atomic E-state index is 13.2. The van der Waals surface area contributed by atoms with Crippen LogP contribution in [0.4, 0.5) is 0 Å². The smallest absolute Gasteiger partial charge is 0.326 e. The Morgan fingerprint density at radius 2 is 1.65 bits per heavy atom. The predicted octanol–water partition coefficient (Wildman–Crippen LogP) is 5.60. The summed E-state index contributed by atoms with van der Waals surface area (Å²) in [6.07, 6.45) is 1.66. The van der Waals surface area contributed by atoms with Crippen molar-refractivity contribution in [3.63, 3.8) is 0 Å². The molecule has 4 rings (SSSR count). The molecular weight excluding hydrogens is 511 g/mol. The van der Waals surface area contributed by atoms with E-state index in [1.54, 1.807) is 66.2 Å². The first kappa shape index (κ1) is 26.2. The van der Waals surface area contributed by atoms with Crippen LogP contribution < -0.4 is 10.9 Å². The summed E-state index contributed by atoms with van der Waals surface area (Å²) >= 11 is 12.5. The van der Waals surface area contributed by atoms with Crippen molar-refractivity contribution in [1.29, 1.82) is 0 Å². The number of hydrogen-bond donors (Lipinski definition) is 2. The van der Waals surface area contributed by atoms with Gasteiger partial charge in [0.15, 0.2) is 0 Å². The van der Waals surface area contributed by atoms with Gasteiger partial charge in [0, 0.05) is 18.2 Å². The van der Waals surface area contributed by atoms with E-state index in [1.807, 2.05) is 30.3 Å². The monoisotopic (exact) mass is 534 g/mol. The molecule has 0 saturated heterocycles. The van der Waals surface area contributed by atoms with Crippen LogP contribution in [0, 0.1) is 6.92 Å². The molecule has 188 valence electrons. The standard InChI is InChI=1S/C29H24Cl2N2O4/c1-18-6-5-9-24(31)26(18)27(34)32-25(29(36)37)14-19-10-12-21(13-11-19)23-15-22(30)17-33(28(23)35)16-20-7-3-2-4-8-20/h2-13,15,17,25H,14,16H2,1H3,(H,32,34)(H,36,37). The molecule has 0 radical (unpaired) electrons. The van der Waals surface area contributed by atoms with Crippen LogP contribution in [0.1, 0.15) is 27.0 Å². The van der Waals surface area contributed by atoms with Gasteiger partial charge in [-0.1, -0.05) is 89.9 Å². The van der Waals surface area contributed by atoms with Gasteiger partial charge in [-0.15, -0.1) is 0 Å². The summed E-state index contributed by atoms with van der Waals surface area (Å²) in [7, 11) is 0. The van der Waals surface area contributed by atoms with E-state index in [4.69, 9.17) is 23.2 Å². The molecule has 4 aromatic rings. The molecule has 1 atom stereocenters. The van der Waals surface area contributed by atoms with Crippen molar-refractivity contribution in [2.24, 2.45) is 0 Å². The van der Waals surface area contributed by atoms with E-state index in [0.29, 0.717) is 33.8 Å². The van der Waals surface area contributed by atoms with Crippen LogP contribution in [-0.2, 0) is 17.8 Å². The maximum Gasteiger partial charge on any atom is 0.326 e. The quantitative estimate of drug-likeness (QED) is 0.307. The van der Waals surface area contributed by atoms with Crippen LogP contribution in [-0.4, -0.2) is 27.6 Å². The molecule has 1 heterocycles. The van der Waals surface area contributed by atoms with Crippen molar-refractivity contribution in [2.45, 2.75) is 25.9 Å². The third-order valence-electron chi connectivity index (χ3n) is 6.01. The highest BCUT2D eigenvalue weighted by Gasteiger charge is 2.23. The third kappa shape index (κ3) is 6.28. The van der Waals surface area contributed by atoms with Crippen molar-refractivity contribution >= 4 is 35.1 Å². The first-order chi connectivity index (χ1) is 17.7. The molecule has 1 amide bonds. The predicted molar refractivity (Wildman–Crippen MR) is 145 cm³/mol. The minimum atomic E-state index is -1.17. The third-order valence-corrected chi connectivity index (χ3v) is 6.53. The Morgan fingerprint density at radius 1 is 0.946 bits per heavy atom. The molecule has 37 heavy (non-hydrogen) atoms. The number of carbonyl (C=O) groups excluding carboxylic acids is 1. The number of hydrogen-bond acceptors (Lipinski definition) is 3. The number of nitrogens with one attached hydrogen (secondary N) is 1. The van der Waals surface area contributed by atoms with Crippen molar-refractivity contribution in [3.05, 3.63) is 128 Å². The van der Waals surface area contributed by atoms with Crippen LogP contribution in [0.5, 0.6) is 0 Å². The Kier molecular flexibility index (Phi) is 8.11. The number of amides is 1. The van der Waals surface area contributed by atoms with Crippen LogP contribution in [0.15, 0.2) is 89.9 Å². The number of carboxylic acids is 1. The molecule has 0 spiro atoms. The molecule has 0 fully saturated rings. The van der Waals surface area contributed by atoms with Gasteiger partial charge in [0.1, 0.15) is 6.04 Å². The van der Waals surface area contributed by atoms with Gasteiger partial charge in [-0.05, 0) is 41.3 Å². The molecule has 0 saturated carbocycles. The summed E-state index contributed by atoms with van der Waals surface area (Å²) < 4.78 is 1.56. The number of rotatable bonds is 8. The highest BCUT2D eigenvalue weighted by molar-refractivity contribution is 6.34. The molecule has 1 unspecified atom stereocenters. The highest BCUT2D eigenvalue weighted by atomic mass is 35.5. The van der Waals surface area contributed by atoms with Gasteiger partial charge < -0.3 is 15.0 Å². The minimum Gasteiger partial charge on any atom is -0.480 e. The zero-order valence-electron chi connectivity index (χ0n) is 19.9. The Bertz CT molecular complexity index is 1480. The average molecular weight is 535 g/mol. The number of carboxylic acid groups (broad SMARTS) is 1. The minimum absolute atomic E-state index is 0.0542. The Labute approximate surface area is 224 Å². The van der Waals surface area contributed by atoms with E-state index in [1.165, 1.54) is 0 Å². The first-order valence-corrected chi connectivity index (χ1v) is 12.3. The van der Waals surface area contributed by atoms with Gasteiger partial charge in [-0.2, -0.15) is 0 Å². The Hall–Kier alpha value is -3.87. The van der Waals surface area contributed by atoms with Crippen molar-refractivity contribution in [3.8, 4) is 11.1 Å². The van der Waals surface area contributed by atoms with Crippen molar-refractivity contribution < 1.29 is 14.7 Å². The molecule has 3 aromatic carbocycles. The molecule has 8 heteroatoms. The fourth-order valence-electron chi connectivity index (χ4n) is 4.11. The topological polar surface area (TPSA) is 88.4 Å². The van der Waals surface area contributed by atoms with E-state index in [2.05, 4.69) is 5.32 Å². The van der Waals surface area contributed by atoms with Gasteiger partial charge in [0.25, 0.3) is 11.5 Å². The van der Waals surface area contributed by atoms with Crippen molar-refractivity contribution in [1.82, 2.24) is 9.88 Å². The van der Waals surface area contributed by atoms with Crippen LogP contribution in [0.25, 0.3) is 11.1 Å². The fourth-order valence-corrected chi connectivity index (χ4v) is 4.64. The van der Waals surface area contributed by atoms with Gasteiger partial charge in [0.05, 0.1) is 22.2 Å². The van der Waals surface area contributed by atoms with Gasteiger partial charge >= 0.3 is 5.97 Å². The number of nitrogens with zero attached hydrogens (tertiary/aromatic N) is 1. The van der Waals surface area contributed by atoms with E-state index >= 15 is 0 Å². The lowest BCUT2D eigenvalue weighted by molar-refractivity contribution is -0.139. The van der Waals surface area contributed by atoms with E-state index in [9.17, 15) is 19.5 Å². The first-order valence-electron chi connectivity index (χ1n) is 11.5. The lowest BCUT2D eigenvalue weighted by atomic mass is 10.0. The summed E-state index contributed by atoms with van der Waals surface area (Å²) in [6, 6.07) is 22.1. The molecule has 1 aromatic heterocycles. The Balaban J connectivity index is 1.54. The molecule has 0 aliphatic carbocycles. The summed E-state index contributed by atoms with van der Waals surface area (Å²) in [4.78, 5) is 37.8. The number of pyridine rings is 1. The number of carbonyl (C=O) groups is 2. The normalized spacial score (nSPS) is 11.6. The van der Waals surface area contributed by atoms with Crippen LogP contribution >= 0.6 is 23.2 Å². The van der Waals surface area contributed by atoms with Gasteiger partial charge in [0.2, 0.25) is 0 Å². The zero-order valence-corrected chi connectivity index (χ0v) is 21.5. The molecular formula is C29H24Cl2N2O4. The second-order valence-electron chi connectivity index (χ2n) is 8.69. The SMILES string of the molecule is Cc1cccc(Cl)c1C(=O)NC(Cc1ccc(-c2cc(Cl)cn(Cc3ccccc3)c2=O)cc1)C(=O)O. The molecule has 6 nitrogen and oxygen atoms in total. The van der Waals surface area contributed by atoms with E-state index < -0.39 is 17.9 Å². The number of aliphatic carboxylic acids is 1. The average Bonchev–Trinajstić information content (AvgIpc) is 2.86. The lowest BCUT2D eigenvalue weighted by Gasteiger charge is -2.16. The molecule has 0 aliphatic heterocycles. The number of halogens is 2. The van der Waals surface area contributed by atoms with Gasteiger partial charge in [-0.3, -0.25) is 9.59 Å². The maximum atomic E-state index is 13.2. The summed E-state index contributed by atoms with van der Waals surface area (Å²) in [5.74, 6) is -1.72. The fraction of sp³-hybridized carbons (Fsp3) is 0.138. The largest absolute Gasteiger partial charge is 0.480 e. The molecule has 0 aliphatic rings. The van der Waals surface area contributed by atoms with Crippen molar-refractivity contribution in [2.75, 3.05) is 0 Å².